The number of hydrogen-bond donors (Lipinski definition) is 1. The minimum atomic E-state index is -1.03. The number of amidine groups is 1. The first-order valence-electron chi connectivity index (χ1n) is 9.24. The van der Waals surface area contributed by atoms with Crippen molar-refractivity contribution in [3.05, 3.63) is 95.4 Å². The number of carboxylic acids is 1. The third kappa shape index (κ3) is 3.12. The van der Waals surface area contributed by atoms with Crippen molar-refractivity contribution >= 4 is 17.7 Å². The molecule has 0 bridgehead atoms. The Labute approximate surface area is 168 Å². The quantitative estimate of drug-likeness (QED) is 0.854. The normalized spacial score (nSPS) is 20.6. The van der Waals surface area contributed by atoms with Crippen LogP contribution < -0.4 is 0 Å². The van der Waals surface area contributed by atoms with Gasteiger partial charge < -0.3 is 9.84 Å². The molecule has 146 valence electrons. The number of fused-ring (bicyclic) bond motifs is 1. The number of rotatable bonds is 5. The molecule has 6 heteroatoms. The predicted molar refractivity (Wildman–Crippen MR) is 108 cm³/mol. The van der Waals surface area contributed by atoms with E-state index in [2.05, 4.69) is 0 Å². The van der Waals surface area contributed by atoms with E-state index in [0.717, 1.165) is 11.1 Å². The Balaban J connectivity index is 1.87. The van der Waals surface area contributed by atoms with Crippen molar-refractivity contribution in [3.8, 4) is 0 Å². The molecule has 2 aromatic carbocycles. The number of nitrogens with zero attached hydrogens (tertiary/aromatic N) is 2. The minimum absolute atomic E-state index is 0.0671. The highest BCUT2D eigenvalue weighted by Crippen LogP contribution is 2.39. The number of allylic oxidation sites excluding steroid dienone is 2. The van der Waals surface area contributed by atoms with Crippen molar-refractivity contribution in [2.45, 2.75) is 11.8 Å². The van der Waals surface area contributed by atoms with E-state index >= 15 is 0 Å². The van der Waals surface area contributed by atoms with Crippen LogP contribution in [-0.2, 0) is 26.2 Å². The summed E-state index contributed by atoms with van der Waals surface area (Å²) in [6.07, 6.45) is 5.25. The van der Waals surface area contributed by atoms with Gasteiger partial charge in [0.1, 0.15) is 11.3 Å². The van der Waals surface area contributed by atoms with E-state index in [9.17, 15) is 9.59 Å². The fraction of sp³-hybridized carbons (Fsp3) is 0.174. The Morgan fingerprint density at radius 3 is 2.48 bits per heavy atom. The van der Waals surface area contributed by atoms with E-state index < -0.39 is 11.4 Å². The number of carbonyl (C=O) groups is 2. The van der Waals surface area contributed by atoms with E-state index in [1.54, 1.807) is 30.4 Å². The van der Waals surface area contributed by atoms with Crippen molar-refractivity contribution in [3.63, 3.8) is 0 Å². The third-order valence-corrected chi connectivity index (χ3v) is 5.26. The average molecular weight is 388 g/mol. The number of methoxy groups -OCH3 is 1. The maximum atomic E-state index is 13.9. The molecule has 1 unspecified atom stereocenters. The molecule has 2 aliphatic rings. The molecule has 0 spiro atoms. The van der Waals surface area contributed by atoms with Crippen molar-refractivity contribution in [1.29, 1.82) is 0 Å². The van der Waals surface area contributed by atoms with Crippen LogP contribution >= 0.6 is 0 Å². The van der Waals surface area contributed by atoms with E-state index in [1.807, 2.05) is 42.5 Å². The Morgan fingerprint density at radius 1 is 1.14 bits per heavy atom. The summed E-state index contributed by atoms with van der Waals surface area (Å²) in [5.74, 6) is -0.0900. The van der Waals surface area contributed by atoms with Crippen LogP contribution in [0, 0.1) is 0 Å². The topological polar surface area (TPSA) is 79.2 Å². The van der Waals surface area contributed by atoms with Crippen LogP contribution in [0.3, 0.4) is 0 Å². The molecule has 0 fully saturated rings. The highest BCUT2D eigenvalue weighted by Gasteiger charge is 2.49. The highest BCUT2D eigenvalue weighted by molar-refractivity contribution is 6.12. The average Bonchev–Trinajstić information content (AvgIpc) is 2.75. The van der Waals surface area contributed by atoms with E-state index in [1.165, 1.54) is 12.0 Å². The number of aliphatic imine (C=N–C) groups is 1. The lowest BCUT2D eigenvalue weighted by Crippen LogP contribution is -2.55. The Hall–Kier alpha value is -3.67. The molecular weight excluding hydrogens is 368 g/mol. The molecule has 1 N–H and O–H groups in total. The summed E-state index contributed by atoms with van der Waals surface area (Å²) in [5.41, 5.74) is 1.23. The molecule has 2 aliphatic heterocycles. The summed E-state index contributed by atoms with van der Waals surface area (Å²) in [6, 6.07) is 16.7. The lowest BCUT2D eigenvalue weighted by atomic mass is 9.72. The molecule has 2 aromatic rings. The first kappa shape index (κ1) is 18.7. The van der Waals surface area contributed by atoms with Crippen LogP contribution in [0.25, 0.3) is 0 Å². The molecule has 0 saturated carbocycles. The Bertz CT molecular complexity index is 1040. The second kappa shape index (κ2) is 7.39. The molecule has 1 amide bonds. The van der Waals surface area contributed by atoms with Crippen LogP contribution in [0.4, 0.5) is 0 Å². The van der Waals surface area contributed by atoms with Gasteiger partial charge in [0.05, 0.1) is 20.1 Å². The minimum Gasteiger partial charge on any atom is -0.482 e. The number of aliphatic carboxylic acids is 1. The van der Waals surface area contributed by atoms with Crippen molar-refractivity contribution in [1.82, 2.24) is 4.90 Å². The fourth-order valence-corrected chi connectivity index (χ4v) is 3.82. The smallest absolute Gasteiger partial charge is 0.307 e. The molecule has 0 radical (unpaired) electrons. The van der Waals surface area contributed by atoms with Gasteiger partial charge in [0.25, 0.3) is 5.91 Å². The van der Waals surface area contributed by atoms with Crippen molar-refractivity contribution < 1.29 is 19.4 Å². The molecule has 4 rings (SSSR count). The van der Waals surface area contributed by atoms with Crippen LogP contribution in [0.1, 0.15) is 16.7 Å². The summed E-state index contributed by atoms with van der Waals surface area (Å²) in [4.78, 5) is 31.1. The van der Waals surface area contributed by atoms with Gasteiger partial charge in [-0.05, 0) is 28.8 Å². The summed E-state index contributed by atoms with van der Waals surface area (Å²) >= 11 is 0. The van der Waals surface area contributed by atoms with Crippen LogP contribution in [-0.4, -0.2) is 41.4 Å². The fourth-order valence-electron chi connectivity index (χ4n) is 3.82. The van der Waals surface area contributed by atoms with Crippen LogP contribution in [0.2, 0.25) is 0 Å². The number of carbonyl (C=O) groups excluding carboxylic acids is 1. The number of ether oxygens (including phenoxy) is 1. The van der Waals surface area contributed by atoms with Crippen LogP contribution in [0.5, 0.6) is 0 Å². The molecular formula is C23H20N2O4. The molecule has 0 aromatic heterocycles. The molecule has 29 heavy (non-hydrogen) atoms. The standard InChI is InChI=1S/C23H20N2O4/c1-29-20-9-5-8-19-24-15-23(22(28)25(19)20,17-6-3-2-4-7-17)18-12-10-16(11-13-18)14-21(26)27/h2-13H,14-15H2,1H3,(H,26,27). The van der Waals surface area contributed by atoms with E-state index in [0.29, 0.717) is 17.3 Å². The monoisotopic (exact) mass is 388 g/mol. The number of carboxylic acid groups (broad SMARTS) is 1. The van der Waals surface area contributed by atoms with Gasteiger partial charge in [-0.2, -0.15) is 0 Å². The lowest BCUT2D eigenvalue weighted by Gasteiger charge is -2.41. The van der Waals surface area contributed by atoms with E-state index in [-0.39, 0.29) is 18.9 Å². The third-order valence-electron chi connectivity index (χ3n) is 5.26. The molecule has 0 aliphatic carbocycles. The zero-order chi connectivity index (χ0) is 20.4. The second-order valence-electron chi connectivity index (χ2n) is 6.92. The predicted octanol–water partition coefficient (Wildman–Crippen LogP) is 2.90. The van der Waals surface area contributed by atoms with Gasteiger partial charge in [0.15, 0.2) is 0 Å². The number of hydrogen-bond acceptors (Lipinski definition) is 4. The zero-order valence-corrected chi connectivity index (χ0v) is 15.9. The second-order valence-corrected chi connectivity index (χ2v) is 6.92. The Kier molecular flexibility index (Phi) is 4.76. The van der Waals surface area contributed by atoms with Gasteiger partial charge in [0, 0.05) is 0 Å². The highest BCUT2D eigenvalue weighted by atomic mass is 16.5. The molecule has 1 atom stereocenters. The summed E-state index contributed by atoms with van der Waals surface area (Å²) in [7, 11) is 1.52. The van der Waals surface area contributed by atoms with Crippen LogP contribution in [0.15, 0.2) is 83.7 Å². The van der Waals surface area contributed by atoms with E-state index in [4.69, 9.17) is 14.8 Å². The molecule has 2 heterocycles. The summed E-state index contributed by atoms with van der Waals surface area (Å²) in [6.45, 7) is 0.251. The first-order valence-corrected chi connectivity index (χ1v) is 9.24. The maximum Gasteiger partial charge on any atom is 0.307 e. The maximum absolute atomic E-state index is 13.9. The first-order chi connectivity index (χ1) is 14.1. The van der Waals surface area contributed by atoms with Gasteiger partial charge >= 0.3 is 5.97 Å². The Morgan fingerprint density at radius 2 is 1.83 bits per heavy atom. The molecule has 0 saturated heterocycles. The van der Waals surface area contributed by atoms with Crippen molar-refractivity contribution in [2.24, 2.45) is 4.99 Å². The van der Waals surface area contributed by atoms with Gasteiger partial charge in [-0.3, -0.25) is 14.6 Å². The van der Waals surface area contributed by atoms with Gasteiger partial charge in [-0.15, -0.1) is 0 Å². The SMILES string of the molecule is COC1=CC=CC2=NCC(c3ccccc3)(c3ccc(CC(=O)O)cc3)C(=O)N12. The number of amides is 1. The van der Waals surface area contributed by atoms with Gasteiger partial charge in [-0.25, -0.2) is 4.90 Å². The molecule has 6 nitrogen and oxygen atoms in total. The van der Waals surface area contributed by atoms with Gasteiger partial charge in [0.2, 0.25) is 5.88 Å². The summed E-state index contributed by atoms with van der Waals surface area (Å²) in [5, 5.41) is 9.04. The van der Waals surface area contributed by atoms with Crippen molar-refractivity contribution in [2.75, 3.05) is 13.7 Å². The zero-order valence-electron chi connectivity index (χ0n) is 15.9. The van der Waals surface area contributed by atoms with Gasteiger partial charge in [-0.1, -0.05) is 60.7 Å². The lowest BCUT2D eigenvalue weighted by molar-refractivity contribution is -0.136. The summed E-state index contributed by atoms with van der Waals surface area (Å²) < 4.78 is 5.43. The largest absolute Gasteiger partial charge is 0.482 e. The number of benzene rings is 2.